The van der Waals surface area contributed by atoms with Gasteiger partial charge in [-0.05, 0) is 75.9 Å². The number of anilines is 1. The van der Waals surface area contributed by atoms with E-state index in [2.05, 4.69) is 5.32 Å². The van der Waals surface area contributed by atoms with Gasteiger partial charge in [0.2, 0.25) is 21.8 Å². The van der Waals surface area contributed by atoms with Crippen molar-refractivity contribution in [1.82, 2.24) is 10.2 Å². The fraction of sp³-hybridized carbons (Fsp3) is 0.462. The summed E-state index contributed by atoms with van der Waals surface area (Å²) >= 11 is 6.32. The fourth-order valence-electron chi connectivity index (χ4n) is 3.90. The lowest BCUT2D eigenvalue weighted by Gasteiger charge is -2.30. The second-order valence-electron chi connectivity index (χ2n) is 9.24. The molecular weight excluding hydrogens is 486 g/mol. The second-order valence-corrected chi connectivity index (χ2v) is 11.6. The highest BCUT2D eigenvalue weighted by Crippen LogP contribution is 2.23. The van der Waals surface area contributed by atoms with E-state index in [0.29, 0.717) is 17.1 Å². The highest BCUT2D eigenvalue weighted by Gasteiger charge is 2.27. The third kappa shape index (κ3) is 8.54. The summed E-state index contributed by atoms with van der Waals surface area (Å²) in [4.78, 5) is 27.5. The van der Waals surface area contributed by atoms with Crippen molar-refractivity contribution in [2.75, 3.05) is 17.1 Å². The van der Waals surface area contributed by atoms with E-state index in [0.717, 1.165) is 22.9 Å². The molecule has 0 radical (unpaired) electrons. The first kappa shape index (κ1) is 28.7. The maximum Gasteiger partial charge on any atom is 0.242 e. The number of carbonyl (C=O) groups is 2. The van der Waals surface area contributed by atoms with E-state index in [1.807, 2.05) is 58.0 Å². The molecule has 2 amide bonds. The Morgan fingerprint density at radius 1 is 1.03 bits per heavy atom. The van der Waals surface area contributed by atoms with Crippen LogP contribution in [0.25, 0.3) is 0 Å². The molecule has 0 fully saturated rings. The number of halogens is 1. The molecule has 2 aromatic rings. The molecule has 0 aromatic heterocycles. The lowest BCUT2D eigenvalue weighted by Crippen LogP contribution is -2.49. The van der Waals surface area contributed by atoms with Crippen LogP contribution in [-0.2, 0) is 26.2 Å². The van der Waals surface area contributed by atoms with Crippen molar-refractivity contribution in [2.45, 2.75) is 66.1 Å². The zero-order chi connectivity index (χ0) is 26.3. The molecule has 0 bridgehead atoms. The average Bonchev–Trinajstić information content (AvgIpc) is 2.73. The van der Waals surface area contributed by atoms with Crippen LogP contribution >= 0.6 is 11.6 Å². The van der Waals surface area contributed by atoms with Gasteiger partial charge < -0.3 is 10.2 Å². The third-order valence-electron chi connectivity index (χ3n) is 5.54. The predicted octanol–water partition coefficient (Wildman–Crippen LogP) is 4.44. The van der Waals surface area contributed by atoms with Crippen molar-refractivity contribution < 1.29 is 18.0 Å². The van der Waals surface area contributed by atoms with Crippen LogP contribution in [0.5, 0.6) is 0 Å². The van der Waals surface area contributed by atoms with Crippen LogP contribution in [-0.4, -0.2) is 50.0 Å². The van der Waals surface area contributed by atoms with Crippen LogP contribution < -0.4 is 9.62 Å². The lowest BCUT2D eigenvalue weighted by molar-refractivity contribution is -0.140. The number of hydrogen-bond donors (Lipinski definition) is 1. The topological polar surface area (TPSA) is 86.8 Å². The minimum absolute atomic E-state index is 0.0664. The van der Waals surface area contributed by atoms with Crippen molar-refractivity contribution >= 4 is 39.1 Å². The molecule has 0 spiro atoms. The number of carbonyl (C=O) groups excluding carboxylic acids is 2. The van der Waals surface area contributed by atoms with Crippen LogP contribution in [0.4, 0.5) is 5.69 Å². The molecule has 0 aliphatic heterocycles. The molecule has 7 nitrogen and oxygen atoms in total. The van der Waals surface area contributed by atoms with Crippen molar-refractivity contribution in [1.29, 1.82) is 0 Å². The first-order valence-electron chi connectivity index (χ1n) is 11.7. The standard InChI is InChI=1S/C26H36ClN3O4S/c1-18(2)28-26(32)21(5)29(17-22-10-7-8-11-24(22)27)25(31)12-9-13-30(35(6,33)34)23-15-19(3)14-20(4)16-23/h7-8,10-11,14-16,18,21H,9,12-13,17H2,1-6H3,(H,28,32)/t21-/m1/s1. The molecule has 0 saturated heterocycles. The summed E-state index contributed by atoms with van der Waals surface area (Å²) in [6.45, 7) is 9.56. The van der Waals surface area contributed by atoms with Crippen molar-refractivity contribution in [3.63, 3.8) is 0 Å². The van der Waals surface area contributed by atoms with Crippen molar-refractivity contribution in [2.24, 2.45) is 0 Å². The van der Waals surface area contributed by atoms with Crippen LogP contribution in [0.15, 0.2) is 42.5 Å². The largest absolute Gasteiger partial charge is 0.352 e. The molecule has 2 aromatic carbocycles. The van der Waals surface area contributed by atoms with E-state index in [9.17, 15) is 18.0 Å². The number of aryl methyl sites for hydroxylation is 2. The molecule has 35 heavy (non-hydrogen) atoms. The molecular formula is C26H36ClN3O4S. The quantitative estimate of drug-likeness (QED) is 0.473. The van der Waals surface area contributed by atoms with Gasteiger partial charge in [0.25, 0.3) is 0 Å². The van der Waals surface area contributed by atoms with Crippen LogP contribution in [0.1, 0.15) is 50.3 Å². The molecule has 0 aliphatic carbocycles. The SMILES string of the molecule is Cc1cc(C)cc(N(CCCC(=O)N(Cc2ccccc2Cl)[C@H](C)C(=O)NC(C)C)S(C)(=O)=O)c1. The van der Waals surface area contributed by atoms with Gasteiger partial charge in [0.05, 0.1) is 11.9 Å². The molecule has 1 N–H and O–H groups in total. The monoisotopic (exact) mass is 521 g/mol. The Morgan fingerprint density at radius 2 is 1.63 bits per heavy atom. The van der Waals surface area contributed by atoms with Gasteiger partial charge in [-0.3, -0.25) is 13.9 Å². The van der Waals surface area contributed by atoms with Gasteiger partial charge in [0.15, 0.2) is 0 Å². The third-order valence-corrected chi connectivity index (χ3v) is 7.11. The van der Waals surface area contributed by atoms with Crippen LogP contribution in [0.2, 0.25) is 5.02 Å². The summed E-state index contributed by atoms with van der Waals surface area (Å²) in [6, 6.07) is 12.0. The Morgan fingerprint density at radius 3 is 2.17 bits per heavy atom. The second kappa shape index (κ2) is 12.4. The summed E-state index contributed by atoms with van der Waals surface area (Å²) < 4.78 is 26.3. The van der Waals surface area contributed by atoms with E-state index >= 15 is 0 Å². The molecule has 2 rings (SSSR count). The van der Waals surface area contributed by atoms with Gasteiger partial charge in [-0.25, -0.2) is 8.42 Å². The van der Waals surface area contributed by atoms with E-state index in [1.54, 1.807) is 19.1 Å². The molecule has 192 valence electrons. The number of nitrogens with zero attached hydrogens (tertiary/aromatic N) is 2. The fourth-order valence-corrected chi connectivity index (χ4v) is 5.04. The van der Waals surface area contributed by atoms with E-state index < -0.39 is 16.1 Å². The van der Waals surface area contributed by atoms with Gasteiger partial charge in [0.1, 0.15) is 6.04 Å². The number of nitrogens with one attached hydrogen (secondary N) is 1. The first-order valence-corrected chi connectivity index (χ1v) is 13.9. The molecule has 9 heteroatoms. The van der Waals surface area contributed by atoms with Gasteiger partial charge in [0, 0.05) is 30.6 Å². The highest BCUT2D eigenvalue weighted by molar-refractivity contribution is 7.92. The Bertz CT molecular complexity index is 1130. The Labute approximate surface area is 214 Å². The normalized spacial score (nSPS) is 12.3. The number of sulfonamides is 1. The van der Waals surface area contributed by atoms with Crippen molar-refractivity contribution in [3.8, 4) is 0 Å². The zero-order valence-corrected chi connectivity index (χ0v) is 22.9. The van der Waals surface area contributed by atoms with Crippen LogP contribution in [0.3, 0.4) is 0 Å². The lowest BCUT2D eigenvalue weighted by atomic mass is 10.1. The summed E-state index contributed by atoms with van der Waals surface area (Å²) in [5.74, 6) is -0.501. The maximum atomic E-state index is 13.3. The maximum absolute atomic E-state index is 13.3. The predicted molar refractivity (Wildman–Crippen MR) is 142 cm³/mol. The molecule has 0 aliphatic rings. The van der Waals surface area contributed by atoms with E-state index in [1.165, 1.54) is 9.21 Å². The molecule has 0 heterocycles. The molecule has 0 saturated carbocycles. The minimum Gasteiger partial charge on any atom is -0.352 e. The number of amides is 2. The Kier molecular flexibility index (Phi) is 10.2. The average molecular weight is 522 g/mol. The van der Waals surface area contributed by atoms with Gasteiger partial charge in [-0.15, -0.1) is 0 Å². The summed E-state index contributed by atoms with van der Waals surface area (Å²) in [7, 11) is -3.54. The summed E-state index contributed by atoms with van der Waals surface area (Å²) in [5, 5.41) is 3.36. The highest BCUT2D eigenvalue weighted by atomic mass is 35.5. The molecule has 0 unspecified atom stereocenters. The number of hydrogen-bond acceptors (Lipinski definition) is 4. The van der Waals surface area contributed by atoms with Crippen LogP contribution in [0, 0.1) is 13.8 Å². The zero-order valence-electron chi connectivity index (χ0n) is 21.3. The summed E-state index contributed by atoms with van der Waals surface area (Å²) in [6.07, 6.45) is 1.55. The summed E-state index contributed by atoms with van der Waals surface area (Å²) in [5.41, 5.74) is 3.23. The minimum atomic E-state index is -3.54. The van der Waals surface area contributed by atoms with Crippen molar-refractivity contribution in [3.05, 3.63) is 64.2 Å². The van der Waals surface area contributed by atoms with Gasteiger partial charge in [-0.1, -0.05) is 35.9 Å². The first-order chi connectivity index (χ1) is 16.3. The molecule has 1 atom stereocenters. The number of benzene rings is 2. The van der Waals surface area contributed by atoms with E-state index in [-0.39, 0.29) is 37.4 Å². The van der Waals surface area contributed by atoms with Gasteiger partial charge >= 0.3 is 0 Å². The van der Waals surface area contributed by atoms with E-state index in [4.69, 9.17) is 11.6 Å². The smallest absolute Gasteiger partial charge is 0.242 e. The Hall–Kier alpha value is -2.58. The number of rotatable bonds is 11. The van der Waals surface area contributed by atoms with Gasteiger partial charge in [-0.2, -0.15) is 0 Å². The Balaban J connectivity index is 2.21.